The Morgan fingerprint density at radius 3 is 3.09 bits per heavy atom. The van der Waals surface area contributed by atoms with E-state index in [1.807, 2.05) is 6.08 Å². The normalized spacial score (nSPS) is 31.7. The number of rotatable bonds is 3. The molecule has 0 aromatic carbocycles. The molecule has 1 saturated heterocycles. The van der Waals surface area contributed by atoms with Crippen LogP contribution in [0.1, 0.15) is 32.6 Å². The SMILES string of the molecule is C=CCCC1CC(C)CCN1. The summed E-state index contributed by atoms with van der Waals surface area (Å²) >= 11 is 0. The summed E-state index contributed by atoms with van der Waals surface area (Å²) in [6.07, 6.45) is 7.15. The van der Waals surface area contributed by atoms with Crippen molar-refractivity contribution < 1.29 is 0 Å². The molecule has 0 saturated carbocycles. The third-order valence-electron chi connectivity index (χ3n) is 2.48. The molecule has 1 fully saturated rings. The van der Waals surface area contributed by atoms with Gasteiger partial charge in [-0.05, 0) is 38.1 Å². The molecule has 0 radical (unpaired) electrons. The van der Waals surface area contributed by atoms with Crippen LogP contribution in [0.15, 0.2) is 12.7 Å². The van der Waals surface area contributed by atoms with E-state index >= 15 is 0 Å². The van der Waals surface area contributed by atoms with Crippen LogP contribution in [-0.4, -0.2) is 12.6 Å². The van der Waals surface area contributed by atoms with E-state index < -0.39 is 0 Å². The van der Waals surface area contributed by atoms with Gasteiger partial charge in [0.15, 0.2) is 0 Å². The molecule has 0 aromatic rings. The Kier molecular flexibility index (Phi) is 3.64. The van der Waals surface area contributed by atoms with Crippen molar-refractivity contribution in [2.45, 2.75) is 38.6 Å². The Bertz CT molecular complexity index is 120. The van der Waals surface area contributed by atoms with Crippen molar-refractivity contribution in [2.24, 2.45) is 5.92 Å². The molecule has 0 bridgehead atoms. The second-order valence-corrected chi connectivity index (χ2v) is 3.65. The largest absolute Gasteiger partial charge is 0.314 e. The van der Waals surface area contributed by atoms with E-state index in [1.165, 1.54) is 25.8 Å². The van der Waals surface area contributed by atoms with E-state index in [1.54, 1.807) is 0 Å². The summed E-state index contributed by atoms with van der Waals surface area (Å²) in [5, 5.41) is 3.54. The van der Waals surface area contributed by atoms with Gasteiger partial charge in [-0.3, -0.25) is 0 Å². The maximum absolute atomic E-state index is 3.74. The zero-order chi connectivity index (χ0) is 8.10. The molecule has 1 rings (SSSR count). The van der Waals surface area contributed by atoms with E-state index in [0.29, 0.717) is 0 Å². The average Bonchev–Trinajstić information content (AvgIpc) is 2.01. The molecule has 2 atom stereocenters. The molecule has 1 heteroatoms. The first kappa shape index (κ1) is 8.79. The minimum atomic E-state index is 0.761. The molecule has 0 spiro atoms. The fourth-order valence-electron chi connectivity index (χ4n) is 1.76. The van der Waals surface area contributed by atoms with Crippen LogP contribution < -0.4 is 5.32 Å². The Labute approximate surface area is 69.9 Å². The molecule has 0 aliphatic carbocycles. The number of hydrogen-bond acceptors (Lipinski definition) is 1. The minimum absolute atomic E-state index is 0.761. The fourth-order valence-corrected chi connectivity index (χ4v) is 1.76. The van der Waals surface area contributed by atoms with E-state index in [2.05, 4.69) is 18.8 Å². The number of hydrogen-bond donors (Lipinski definition) is 1. The first-order valence-electron chi connectivity index (χ1n) is 4.67. The maximum Gasteiger partial charge on any atom is 0.00725 e. The van der Waals surface area contributed by atoms with Gasteiger partial charge in [0.2, 0.25) is 0 Å². The lowest BCUT2D eigenvalue weighted by molar-refractivity contribution is 0.309. The van der Waals surface area contributed by atoms with Gasteiger partial charge >= 0.3 is 0 Å². The summed E-state index contributed by atoms with van der Waals surface area (Å²) < 4.78 is 0. The zero-order valence-corrected chi connectivity index (χ0v) is 7.47. The number of nitrogens with one attached hydrogen (secondary N) is 1. The van der Waals surface area contributed by atoms with Crippen molar-refractivity contribution in [3.63, 3.8) is 0 Å². The van der Waals surface area contributed by atoms with Crippen LogP contribution in [0, 0.1) is 5.92 Å². The summed E-state index contributed by atoms with van der Waals surface area (Å²) in [5.41, 5.74) is 0. The highest BCUT2D eigenvalue weighted by Gasteiger charge is 2.16. The summed E-state index contributed by atoms with van der Waals surface area (Å²) in [7, 11) is 0. The van der Waals surface area contributed by atoms with Crippen LogP contribution >= 0.6 is 0 Å². The first-order chi connectivity index (χ1) is 5.33. The monoisotopic (exact) mass is 153 g/mol. The third-order valence-corrected chi connectivity index (χ3v) is 2.48. The molecule has 1 N–H and O–H groups in total. The molecule has 1 nitrogen and oxygen atoms in total. The van der Waals surface area contributed by atoms with Crippen molar-refractivity contribution in [1.29, 1.82) is 0 Å². The minimum Gasteiger partial charge on any atom is -0.314 e. The molecule has 11 heavy (non-hydrogen) atoms. The Morgan fingerprint density at radius 1 is 1.64 bits per heavy atom. The highest BCUT2D eigenvalue weighted by molar-refractivity contribution is 4.79. The number of piperidine rings is 1. The molecule has 1 heterocycles. The summed E-state index contributed by atoms with van der Waals surface area (Å²) in [4.78, 5) is 0. The summed E-state index contributed by atoms with van der Waals surface area (Å²) in [6, 6.07) is 0.761. The standard InChI is InChI=1S/C10H19N/c1-3-4-5-10-8-9(2)6-7-11-10/h3,9-11H,1,4-8H2,2H3. The van der Waals surface area contributed by atoms with Gasteiger partial charge in [0, 0.05) is 6.04 Å². The molecule has 0 amide bonds. The van der Waals surface area contributed by atoms with Gasteiger partial charge in [0.25, 0.3) is 0 Å². The highest BCUT2D eigenvalue weighted by Crippen LogP contribution is 2.17. The maximum atomic E-state index is 3.74. The lowest BCUT2D eigenvalue weighted by Gasteiger charge is -2.27. The Balaban J connectivity index is 2.17. The highest BCUT2D eigenvalue weighted by atomic mass is 14.9. The molecular formula is C10H19N. The quantitative estimate of drug-likeness (QED) is 0.614. The first-order valence-corrected chi connectivity index (χ1v) is 4.67. The Morgan fingerprint density at radius 2 is 2.45 bits per heavy atom. The lowest BCUT2D eigenvalue weighted by atomic mass is 9.92. The van der Waals surface area contributed by atoms with E-state index in [4.69, 9.17) is 0 Å². The summed E-state index contributed by atoms with van der Waals surface area (Å²) in [5.74, 6) is 0.922. The second kappa shape index (κ2) is 4.55. The van der Waals surface area contributed by atoms with Crippen molar-refractivity contribution in [3.8, 4) is 0 Å². The predicted molar refractivity (Wildman–Crippen MR) is 49.6 cm³/mol. The van der Waals surface area contributed by atoms with Gasteiger partial charge in [-0.15, -0.1) is 6.58 Å². The zero-order valence-electron chi connectivity index (χ0n) is 7.47. The van der Waals surface area contributed by atoms with Crippen LogP contribution in [0.5, 0.6) is 0 Å². The topological polar surface area (TPSA) is 12.0 Å². The van der Waals surface area contributed by atoms with Gasteiger partial charge in [0.05, 0.1) is 0 Å². The van der Waals surface area contributed by atoms with Crippen molar-refractivity contribution in [3.05, 3.63) is 12.7 Å². The van der Waals surface area contributed by atoms with Crippen LogP contribution in [0.4, 0.5) is 0 Å². The molecule has 1 aliphatic heterocycles. The van der Waals surface area contributed by atoms with E-state index in [0.717, 1.165) is 18.4 Å². The molecular weight excluding hydrogens is 134 g/mol. The van der Waals surface area contributed by atoms with Gasteiger partial charge in [-0.25, -0.2) is 0 Å². The van der Waals surface area contributed by atoms with E-state index in [9.17, 15) is 0 Å². The fraction of sp³-hybridized carbons (Fsp3) is 0.800. The molecule has 64 valence electrons. The van der Waals surface area contributed by atoms with E-state index in [-0.39, 0.29) is 0 Å². The van der Waals surface area contributed by atoms with Crippen molar-refractivity contribution in [2.75, 3.05) is 6.54 Å². The van der Waals surface area contributed by atoms with Crippen molar-refractivity contribution >= 4 is 0 Å². The summed E-state index contributed by atoms with van der Waals surface area (Å²) in [6.45, 7) is 7.30. The molecule has 2 unspecified atom stereocenters. The average molecular weight is 153 g/mol. The molecule has 0 aromatic heterocycles. The van der Waals surface area contributed by atoms with Gasteiger partial charge in [-0.2, -0.15) is 0 Å². The predicted octanol–water partition coefficient (Wildman–Crippen LogP) is 2.34. The van der Waals surface area contributed by atoms with Crippen LogP contribution in [-0.2, 0) is 0 Å². The van der Waals surface area contributed by atoms with Crippen LogP contribution in [0.25, 0.3) is 0 Å². The van der Waals surface area contributed by atoms with Crippen LogP contribution in [0.2, 0.25) is 0 Å². The number of allylic oxidation sites excluding steroid dienone is 1. The second-order valence-electron chi connectivity index (χ2n) is 3.65. The van der Waals surface area contributed by atoms with Crippen molar-refractivity contribution in [1.82, 2.24) is 5.32 Å². The van der Waals surface area contributed by atoms with Gasteiger partial charge in [-0.1, -0.05) is 13.0 Å². The third kappa shape index (κ3) is 3.06. The van der Waals surface area contributed by atoms with Crippen LogP contribution in [0.3, 0.4) is 0 Å². The smallest absolute Gasteiger partial charge is 0.00725 e. The lowest BCUT2D eigenvalue weighted by Crippen LogP contribution is -2.37. The van der Waals surface area contributed by atoms with Gasteiger partial charge in [0.1, 0.15) is 0 Å². The molecule has 1 aliphatic rings. The van der Waals surface area contributed by atoms with Gasteiger partial charge < -0.3 is 5.32 Å². The Hall–Kier alpha value is -0.300.